The number of benzene rings is 2. The van der Waals surface area contributed by atoms with Gasteiger partial charge in [-0.2, -0.15) is 0 Å². The molecule has 0 N–H and O–H groups in total. The van der Waals surface area contributed by atoms with E-state index in [1.807, 2.05) is 6.08 Å². The molecule has 0 saturated heterocycles. The van der Waals surface area contributed by atoms with Crippen molar-refractivity contribution in [3.63, 3.8) is 0 Å². The smallest absolute Gasteiger partial charge is 0.194 e. The molecule has 33 heavy (non-hydrogen) atoms. The van der Waals surface area contributed by atoms with E-state index in [0.29, 0.717) is 36.1 Å². The maximum Gasteiger partial charge on any atom is 0.194 e. The van der Waals surface area contributed by atoms with E-state index in [4.69, 9.17) is 0 Å². The Morgan fingerprint density at radius 2 is 1.42 bits per heavy atom. The van der Waals surface area contributed by atoms with Gasteiger partial charge in [0.15, 0.2) is 17.5 Å². The van der Waals surface area contributed by atoms with Crippen LogP contribution < -0.4 is 0 Å². The summed E-state index contributed by atoms with van der Waals surface area (Å²) in [5.74, 6) is -4.69. The van der Waals surface area contributed by atoms with Gasteiger partial charge in [0.1, 0.15) is 11.6 Å². The van der Waals surface area contributed by atoms with E-state index < -0.39 is 34.6 Å². The minimum absolute atomic E-state index is 0.319. The molecule has 0 atom stereocenters. The summed E-state index contributed by atoms with van der Waals surface area (Å²) < 4.78 is 70.5. The van der Waals surface area contributed by atoms with Crippen LogP contribution in [0.4, 0.5) is 22.0 Å². The summed E-state index contributed by atoms with van der Waals surface area (Å²) in [6.45, 7) is 2.24. The summed E-state index contributed by atoms with van der Waals surface area (Å²) in [6, 6.07) is 2.53. The summed E-state index contributed by atoms with van der Waals surface area (Å²) >= 11 is 0. The van der Waals surface area contributed by atoms with Crippen LogP contribution in [0.2, 0.25) is 0 Å². The van der Waals surface area contributed by atoms with Crippen LogP contribution in [0.15, 0.2) is 29.8 Å². The molecule has 1 saturated carbocycles. The monoisotopic (exact) mass is 462 g/mol. The Morgan fingerprint density at radius 3 is 2.06 bits per heavy atom. The van der Waals surface area contributed by atoms with Gasteiger partial charge in [0, 0.05) is 0 Å². The average Bonchev–Trinajstić information content (AvgIpc) is 2.80. The lowest BCUT2D eigenvalue weighted by Crippen LogP contribution is -2.15. The van der Waals surface area contributed by atoms with Gasteiger partial charge in [0.25, 0.3) is 0 Å². The fourth-order valence-corrected chi connectivity index (χ4v) is 5.50. The molecular weight excluding hydrogens is 431 g/mol. The van der Waals surface area contributed by atoms with E-state index in [2.05, 4.69) is 6.92 Å². The summed E-state index contributed by atoms with van der Waals surface area (Å²) in [7, 11) is 0. The van der Waals surface area contributed by atoms with Crippen LogP contribution in [0.3, 0.4) is 0 Å². The fraction of sp³-hybridized carbons (Fsp3) is 0.500. The van der Waals surface area contributed by atoms with Crippen molar-refractivity contribution in [1.82, 2.24) is 0 Å². The highest BCUT2D eigenvalue weighted by Crippen LogP contribution is 2.38. The number of hydrogen-bond donors (Lipinski definition) is 0. The molecule has 0 bridgehead atoms. The first-order valence-electron chi connectivity index (χ1n) is 12.2. The zero-order valence-electron chi connectivity index (χ0n) is 19.1. The first-order chi connectivity index (χ1) is 15.9. The number of fused-ring (bicyclic) bond motifs is 1. The van der Waals surface area contributed by atoms with E-state index in [0.717, 1.165) is 24.7 Å². The summed E-state index contributed by atoms with van der Waals surface area (Å²) in [5, 5.41) is 0. The zero-order chi connectivity index (χ0) is 23.5. The van der Waals surface area contributed by atoms with Crippen molar-refractivity contribution in [3.8, 4) is 11.1 Å². The molecule has 1 fully saturated rings. The Kier molecular flexibility index (Phi) is 7.55. The summed E-state index contributed by atoms with van der Waals surface area (Å²) in [6.07, 6.45) is 14.0. The second-order valence-corrected chi connectivity index (χ2v) is 9.75. The number of rotatable bonds is 7. The van der Waals surface area contributed by atoms with Gasteiger partial charge < -0.3 is 0 Å². The van der Waals surface area contributed by atoms with Crippen molar-refractivity contribution >= 4 is 0 Å². The van der Waals surface area contributed by atoms with Crippen molar-refractivity contribution < 1.29 is 22.0 Å². The minimum Gasteiger partial charge on any atom is -0.206 e. The molecule has 0 amide bonds. The Labute approximate surface area is 192 Å². The van der Waals surface area contributed by atoms with Crippen LogP contribution in [-0.2, 0) is 12.8 Å². The molecule has 0 spiro atoms. The van der Waals surface area contributed by atoms with E-state index in [-0.39, 0.29) is 5.56 Å². The van der Waals surface area contributed by atoms with Crippen molar-refractivity contribution in [2.24, 2.45) is 11.8 Å². The molecule has 0 aliphatic heterocycles. The highest BCUT2D eigenvalue weighted by Gasteiger charge is 2.25. The Morgan fingerprint density at radius 1 is 0.788 bits per heavy atom. The minimum atomic E-state index is -1.65. The molecule has 0 aromatic heterocycles. The Bertz CT molecular complexity index is 1010. The second kappa shape index (κ2) is 10.4. The number of unbranched alkanes of at least 4 members (excludes halogenated alkanes) is 1. The predicted molar refractivity (Wildman–Crippen MR) is 121 cm³/mol. The second-order valence-electron chi connectivity index (χ2n) is 9.75. The predicted octanol–water partition coefficient (Wildman–Crippen LogP) is 8.85. The van der Waals surface area contributed by atoms with Gasteiger partial charge in [-0.25, -0.2) is 22.0 Å². The van der Waals surface area contributed by atoms with E-state index in [1.54, 1.807) is 0 Å². The summed E-state index contributed by atoms with van der Waals surface area (Å²) in [4.78, 5) is 0. The largest absolute Gasteiger partial charge is 0.206 e. The number of allylic oxidation sites excluding steroid dienone is 2. The van der Waals surface area contributed by atoms with Crippen LogP contribution in [0, 0.1) is 40.9 Å². The lowest BCUT2D eigenvalue weighted by atomic mass is 9.77. The SMILES string of the molecule is CCCCC1CCC(CCC2=CCc3c(cc(F)c(-c4cc(F)c(F)c(F)c4)c3F)C2)CC1. The zero-order valence-corrected chi connectivity index (χ0v) is 19.1. The molecule has 178 valence electrons. The molecule has 2 aliphatic rings. The quantitative estimate of drug-likeness (QED) is 0.219. The van der Waals surface area contributed by atoms with Gasteiger partial charge in [-0.3, -0.25) is 0 Å². The van der Waals surface area contributed by atoms with Crippen molar-refractivity contribution in [2.45, 2.75) is 77.6 Å². The Balaban J connectivity index is 1.42. The molecule has 2 aromatic carbocycles. The van der Waals surface area contributed by atoms with Crippen LogP contribution >= 0.6 is 0 Å². The lowest BCUT2D eigenvalue weighted by Gasteiger charge is -2.29. The first kappa shape index (κ1) is 24.0. The molecule has 0 heterocycles. The van der Waals surface area contributed by atoms with Crippen LogP contribution in [0.25, 0.3) is 11.1 Å². The van der Waals surface area contributed by atoms with Crippen LogP contribution in [0.5, 0.6) is 0 Å². The number of halogens is 5. The van der Waals surface area contributed by atoms with E-state index in [9.17, 15) is 17.6 Å². The van der Waals surface area contributed by atoms with E-state index in [1.165, 1.54) is 56.6 Å². The number of hydrogen-bond acceptors (Lipinski definition) is 0. The Hall–Kier alpha value is -2.17. The van der Waals surface area contributed by atoms with Crippen molar-refractivity contribution in [3.05, 3.63) is 70.1 Å². The molecule has 2 aromatic rings. The fourth-order valence-electron chi connectivity index (χ4n) is 5.50. The van der Waals surface area contributed by atoms with Gasteiger partial charge in [-0.1, -0.05) is 63.5 Å². The van der Waals surface area contributed by atoms with Gasteiger partial charge in [0.05, 0.1) is 5.56 Å². The summed E-state index contributed by atoms with van der Waals surface area (Å²) in [5.41, 5.74) is 1.27. The van der Waals surface area contributed by atoms with Crippen molar-refractivity contribution in [2.75, 3.05) is 0 Å². The molecule has 5 heteroatoms. The van der Waals surface area contributed by atoms with Gasteiger partial charge in [0.2, 0.25) is 0 Å². The first-order valence-corrected chi connectivity index (χ1v) is 12.2. The maximum atomic E-state index is 15.2. The highest BCUT2D eigenvalue weighted by atomic mass is 19.2. The third kappa shape index (κ3) is 5.33. The third-order valence-electron chi connectivity index (χ3n) is 7.50. The van der Waals surface area contributed by atoms with Crippen LogP contribution in [-0.4, -0.2) is 0 Å². The molecular formula is C28H31F5. The van der Waals surface area contributed by atoms with Crippen LogP contribution in [0.1, 0.15) is 75.8 Å². The standard InChI is InChI=1S/C28H31F5/c1-2-3-4-17-5-7-18(8-6-17)9-10-19-11-12-22-20(13-19)14-23(29)26(27(22)32)21-15-24(30)28(33)25(31)16-21/h11,14-18H,2-10,12-13H2,1H3. The van der Waals surface area contributed by atoms with Gasteiger partial charge >= 0.3 is 0 Å². The molecule has 0 nitrogen and oxygen atoms in total. The van der Waals surface area contributed by atoms with Gasteiger partial charge in [-0.05, 0) is 72.4 Å². The normalized spacial score (nSPS) is 20.5. The van der Waals surface area contributed by atoms with Crippen molar-refractivity contribution in [1.29, 1.82) is 0 Å². The molecule has 0 radical (unpaired) electrons. The average molecular weight is 463 g/mol. The molecule has 2 aliphatic carbocycles. The molecule has 4 rings (SSSR count). The lowest BCUT2D eigenvalue weighted by molar-refractivity contribution is 0.249. The van der Waals surface area contributed by atoms with Gasteiger partial charge in [-0.15, -0.1) is 0 Å². The maximum absolute atomic E-state index is 15.2. The third-order valence-corrected chi connectivity index (χ3v) is 7.50. The highest BCUT2D eigenvalue weighted by molar-refractivity contribution is 5.67. The topological polar surface area (TPSA) is 0 Å². The molecule has 0 unspecified atom stereocenters. The van der Waals surface area contributed by atoms with E-state index >= 15 is 4.39 Å².